The smallest absolute Gasteiger partial charge is 0.261 e. The van der Waals surface area contributed by atoms with Gasteiger partial charge in [-0.05, 0) is 55.6 Å². The standard InChI is InChI=1S/C23H20N6OS/c1-13(2)26-23(30)20-10-14-3-4-15(11-19(14)31-20)22-24-8-7-21(28-22)27-17-5-6-18-16(9-17)12-25-29-18/h3-13H,1-2H3,(H,25,29)(H,26,30)(H,24,27,28). The summed E-state index contributed by atoms with van der Waals surface area (Å²) in [6, 6.07) is 15.8. The van der Waals surface area contributed by atoms with Crippen molar-refractivity contribution in [3.05, 3.63) is 65.8 Å². The van der Waals surface area contributed by atoms with Crippen LogP contribution in [0.25, 0.3) is 32.4 Å². The second-order valence-corrected chi connectivity index (χ2v) is 8.64. The number of nitrogens with one attached hydrogen (secondary N) is 3. The van der Waals surface area contributed by atoms with E-state index in [1.54, 1.807) is 12.4 Å². The zero-order chi connectivity index (χ0) is 21.4. The summed E-state index contributed by atoms with van der Waals surface area (Å²) in [7, 11) is 0. The van der Waals surface area contributed by atoms with Gasteiger partial charge in [-0.2, -0.15) is 5.10 Å². The van der Waals surface area contributed by atoms with E-state index in [1.165, 1.54) is 11.3 Å². The number of hydrogen-bond donors (Lipinski definition) is 3. The van der Waals surface area contributed by atoms with Crippen LogP contribution in [0, 0.1) is 0 Å². The van der Waals surface area contributed by atoms with Gasteiger partial charge in [0.15, 0.2) is 5.82 Å². The van der Waals surface area contributed by atoms with Crippen molar-refractivity contribution < 1.29 is 4.79 Å². The Hall–Kier alpha value is -3.78. The summed E-state index contributed by atoms with van der Waals surface area (Å²) < 4.78 is 1.03. The quantitative estimate of drug-likeness (QED) is 0.361. The molecule has 0 unspecified atom stereocenters. The zero-order valence-electron chi connectivity index (χ0n) is 17.0. The molecule has 3 aromatic heterocycles. The van der Waals surface area contributed by atoms with Gasteiger partial charge >= 0.3 is 0 Å². The van der Waals surface area contributed by atoms with Crippen LogP contribution in [0.15, 0.2) is 60.9 Å². The Morgan fingerprint density at radius 2 is 1.97 bits per heavy atom. The lowest BCUT2D eigenvalue weighted by Gasteiger charge is -2.07. The van der Waals surface area contributed by atoms with Crippen molar-refractivity contribution >= 4 is 49.7 Å². The van der Waals surface area contributed by atoms with E-state index < -0.39 is 0 Å². The molecule has 3 heterocycles. The number of rotatable bonds is 5. The molecule has 0 aliphatic rings. The van der Waals surface area contributed by atoms with Crippen LogP contribution in [0.3, 0.4) is 0 Å². The first kappa shape index (κ1) is 19.2. The van der Waals surface area contributed by atoms with Gasteiger partial charge < -0.3 is 10.6 Å². The van der Waals surface area contributed by atoms with E-state index in [2.05, 4.69) is 30.8 Å². The fourth-order valence-corrected chi connectivity index (χ4v) is 4.36. The Kier molecular flexibility index (Phi) is 4.83. The first-order valence-corrected chi connectivity index (χ1v) is 10.7. The minimum Gasteiger partial charge on any atom is -0.349 e. The molecule has 154 valence electrons. The van der Waals surface area contributed by atoms with Crippen LogP contribution in [0.5, 0.6) is 0 Å². The lowest BCUT2D eigenvalue weighted by atomic mass is 10.1. The summed E-state index contributed by atoms with van der Waals surface area (Å²) in [6.07, 6.45) is 3.53. The number of H-pyrrole nitrogens is 1. The van der Waals surface area contributed by atoms with E-state index in [0.29, 0.717) is 16.5 Å². The Morgan fingerprint density at radius 1 is 1.06 bits per heavy atom. The third-order valence-electron chi connectivity index (χ3n) is 4.79. The van der Waals surface area contributed by atoms with Crippen LogP contribution in [-0.4, -0.2) is 32.1 Å². The van der Waals surface area contributed by atoms with Crippen molar-refractivity contribution in [2.75, 3.05) is 5.32 Å². The van der Waals surface area contributed by atoms with Gasteiger partial charge in [0.05, 0.1) is 16.6 Å². The van der Waals surface area contributed by atoms with Crippen LogP contribution in [-0.2, 0) is 0 Å². The highest BCUT2D eigenvalue weighted by atomic mass is 32.1. The number of amides is 1. The van der Waals surface area contributed by atoms with E-state index in [1.807, 2.05) is 62.4 Å². The highest BCUT2D eigenvalue weighted by molar-refractivity contribution is 7.20. The van der Waals surface area contributed by atoms with Crippen LogP contribution in [0.4, 0.5) is 11.5 Å². The van der Waals surface area contributed by atoms with Gasteiger partial charge in [-0.1, -0.05) is 12.1 Å². The van der Waals surface area contributed by atoms with Crippen LogP contribution in [0.2, 0.25) is 0 Å². The average molecular weight is 429 g/mol. The molecule has 2 aromatic carbocycles. The molecular weight excluding hydrogens is 408 g/mol. The number of fused-ring (bicyclic) bond motifs is 2. The van der Waals surface area contributed by atoms with Gasteiger partial charge in [0.1, 0.15) is 5.82 Å². The molecule has 0 bridgehead atoms. The van der Waals surface area contributed by atoms with Crippen molar-refractivity contribution in [1.82, 2.24) is 25.5 Å². The monoisotopic (exact) mass is 428 g/mol. The van der Waals surface area contributed by atoms with Gasteiger partial charge in [0.25, 0.3) is 5.91 Å². The number of hydrogen-bond acceptors (Lipinski definition) is 6. The van der Waals surface area contributed by atoms with E-state index in [9.17, 15) is 4.79 Å². The average Bonchev–Trinajstić information content (AvgIpc) is 3.39. The predicted molar refractivity (Wildman–Crippen MR) is 125 cm³/mol. The molecule has 3 N–H and O–H groups in total. The molecule has 0 saturated carbocycles. The normalized spacial score (nSPS) is 11.3. The maximum atomic E-state index is 12.3. The van der Waals surface area contributed by atoms with Gasteiger partial charge in [0, 0.05) is 33.6 Å². The fourth-order valence-electron chi connectivity index (χ4n) is 3.35. The zero-order valence-corrected chi connectivity index (χ0v) is 17.8. The summed E-state index contributed by atoms with van der Waals surface area (Å²) >= 11 is 1.47. The van der Waals surface area contributed by atoms with Crippen molar-refractivity contribution in [3.63, 3.8) is 0 Å². The first-order chi connectivity index (χ1) is 15.0. The third-order valence-corrected chi connectivity index (χ3v) is 5.89. The van der Waals surface area contributed by atoms with Gasteiger partial charge in [0.2, 0.25) is 0 Å². The Bertz CT molecular complexity index is 1400. The molecular formula is C23H20N6OS. The second-order valence-electron chi connectivity index (χ2n) is 7.55. The molecule has 1 amide bonds. The third kappa shape index (κ3) is 3.97. The molecule has 0 atom stereocenters. The number of carbonyl (C=O) groups excluding carboxylic acids is 1. The summed E-state index contributed by atoms with van der Waals surface area (Å²) in [4.78, 5) is 22.1. The molecule has 0 spiro atoms. The highest BCUT2D eigenvalue weighted by Crippen LogP contribution is 2.30. The number of anilines is 2. The number of aromatic nitrogens is 4. The van der Waals surface area contributed by atoms with E-state index in [-0.39, 0.29) is 11.9 Å². The summed E-state index contributed by atoms with van der Waals surface area (Å²) in [6.45, 7) is 3.91. The lowest BCUT2D eigenvalue weighted by molar-refractivity contribution is 0.0947. The second kappa shape index (κ2) is 7.81. The summed E-state index contributed by atoms with van der Waals surface area (Å²) in [5.41, 5.74) is 2.81. The Balaban J connectivity index is 1.42. The van der Waals surface area contributed by atoms with E-state index in [0.717, 1.165) is 32.2 Å². The predicted octanol–water partition coefficient (Wildman–Crippen LogP) is 5.12. The first-order valence-electron chi connectivity index (χ1n) is 9.93. The molecule has 0 radical (unpaired) electrons. The Labute approximate surface area is 182 Å². The summed E-state index contributed by atoms with van der Waals surface area (Å²) in [5.74, 6) is 1.28. The van der Waals surface area contributed by atoms with Gasteiger partial charge in [-0.15, -0.1) is 11.3 Å². The Morgan fingerprint density at radius 3 is 2.84 bits per heavy atom. The largest absolute Gasteiger partial charge is 0.349 e. The number of benzene rings is 2. The summed E-state index contributed by atoms with van der Waals surface area (Å²) in [5, 5.41) is 15.3. The van der Waals surface area contributed by atoms with Crippen molar-refractivity contribution in [2.45, 2.75) is 19.9 Å². The molecule has 0 aliphatic heterocycles. The maximum absolute atomic E-state index is 12.3. The SMILES string of the molecule is CC(C)NC(=O)c1cc2ccc(-c3nccc(Nc4ccc5[nH]ncc5c4)n3)cc2s1. The van der Waals surface area contributed by atoms with E-state index in [4.69, 9.17) is 0 Å². The highest BCUT2D eigenvalue weighted by Gasteiger charge is 2.12. The van der Waals surface area contributed by atoms with Crippen molar-refractivity contribution in [2.24, 2.45) is 0 Å². The molecule has 31 heavy (non-hydrogen) atoms. The van der Waals surface area contributed by atoms with Crippen molar-refractivity contribution in [1.29, 1.82) is 0 Å². The van der Waals surface area contributed by atoms with Crippen LogP contribution < -0.4 is 10.6 Å². The molecule has 5 aromatic rings. The lowest BCUT2D eigenvalue weighted by Crippen LogP contribution is -2.29. The number of carbonyl (C=O) groups is 1. The minimum atomic E-state index is -0.0465. The molecule has 7 nitrogen and oxygen atoms in total. The number of thiophene rings is 1. The van der Waals surface area contributed by atoms with Crippen molar-refractivity contribution in [3.8, 4) is 11.4 Å². The molecule has 0 saturated heterocycles. The molecule has 8 heteroatoms. The minimum absolute atomic E-state index is 0.0465. The molecule has 0 aliphatic carbocycles. The maximum Gasteiger partial charge on any atom is 0.261 e. The van der Waals surface area contributed by atoms with Gasteiger partial charge in [-0.25, -0.2) is 9.97 Å². The van der Waals surface area contributed by atoms with Crippen LogP contribution in [0.1, 0.15) is 23.5 Å². The topological polar surface area (TPSA) is 95.6 Å². The molecule has 5 rings (SSSR count). The number of nitrogens with zero attached hydrogens (tertiary/aromatic N) is 3. The fraction of sp³-hybridized carbons (Fsp3) is 0.130. The van der Waals surface area contributed by atoms with Crippen LogP contribution >= 0.6 is 11.3 Å². The molecule has 0 fully saturated rings. The van der Waals surface area contributed by atoms with Gasteiger partial charge in [-0.3, -0.25) is 9.89 Å². The number of aromatic amines is 1. The van der Waals surface area contributed by atoms with E-state index >= 15 is 0 Å².